The Morgan fingerprint density at radius 1 is 1.30 bits per heavy atom. The maximum absolute atomic E-state index is 12.8. The first-order valence-electron chi connectivity index (χ1n) is 7.80. The Morgan fingerprint density at radius 3 is 2.75 bits per heavy atom. The van der Waals surface area contributed by atoms with E-state index in [1.165, 1.54) is 19.3 Å². The van der Waals surface area contributed by atoms with Gasteiger partial charge in [-0.2, -0.15) is 0 Å². The molecule has 0 spiro atoms. The van der Waals surface area contributed by atoms with Crippen LogP contribution in [0, 0.1) is 0 Å². The fourth-order valence-electron chi connectivity index (χ4n) is 3.55. The van der Waals surface area contributed by atoms with Gasteiger partial charge in [0.2, 0.25) is 0 Å². The number of hydrogen-bond donors (Lipinski definition) is 1. The highest BCUT2D eigenvalue weighted by atomic mass is 16.2. The fourth-order valence-corrected chi connectivity index (χ4v) is 3.55. The average molecular weight is 276 g/mol. The second-order valence-electron chi connectivity index (χ2n) is 6.01. The molecule has 2 amide bonds. The summed E-state index contributed by atoms with van der Waals surface area (Å²) < 4.78 is 0. The first-order chi connectivity index (χ1) is 9.77. The van der Waals surface area contributed by atoms with E-state index in [1.807, 2.05) is 23.0 Å². The predicted molar refractivity (Wildman–Crippen MR) is 77.3 cm³/mol. The number of H-pyrrole nitrogens is 1. The Morgan fingerprint density at radius 2 is 2.05 bits per heavy atom. The lowest BCUT2D eigenvalue weighted by Gasteiger charge is -2.38. The van der Waals surface area contributed by atoms with Gasteiger partial charge in [0.25, 0.3) is 0 Å². The van der Waals surface area contributed by atoms with Crippen LogP contribution >= 0.6 is 0 Å². The molecule has 1 saturated heterocycles. The molecule has 2 heterocycles. The van der Waals surface area contributed by atoms with Crippen LogP contribution in [0.3, 0.4) is 0 Å². The van der Waals surface area contributed by atoms with Crippen molar-refractivity contribution in [1.82, 2.24) is 19.8 Å². The summed E-state index contributed by atoms with van der Waals surface area (Å²) >= 11 is 0. The van der Waals surface area contributed by atoms with Gasteiger partial charge in [-0.1, -0.05) is 12.8 Å². The van der Waals surface area contributed by atoms with Crippen LogP contribution < -0.4 is 0 Å². The number of amides is 2. The van der Waals surface area contributed by atoms with Crippen LogP contribution in [0.25, 0.3) is 0 Å². The molecule has 1 aromatic rings. The maximum atomic E-state index is 12.8. The lowest BCUT2D eigenvalue weighted by Crippen LogP contribution is -2.48. The third kappa shape index (κ3) is 2.53. The van der Waals surface area contributed by atoms with E-state index in [0.29, 0.717) is 6.04 Å². The number of rotatable bonds is 2. The zero-order chi connectivity index (χ0) is 13.9. The second kappa shape index (κ2) is 5.85. The van der Waals surface area contributed by atoms with Crippen LogP contribution in [-0.4, -0.2) is 45.4 Å². The van der Waals surface area contributed by atoms with E-state index in [9.17, 15) is 4.79 Å². The quantitative estimate of drug-likeness (QED) is 0.903. The average Bonchev–Trinajstić information content (AvgIpc) is 3.18. The van der Waals surface area contributed by atoms with E-state index in [1.54, 1.807) is 6.20 Å². The van der Waals surface area contributed by atoms with Crippen molar-refractivity contribution in [1.29, 1.82) is 0 Å². The van der Waals surface area contributed by atoms with Crippen molar-refractivity contribution in [3.05, 3.63) is 18.2 Å². The summed E-state index contributed by atoms with van der Waals surface area (Å²) in [7, 11) is 1.96. The summed E-state index contributed by atoms with van der Waals surface area (Å²) in [6.07, 6.45) is 11.7. The number of carbonyl (C=O) groups excluding carboxylic acids is 1. The van der Waals surface area contributed by atoms with Crippen molar-refractivity contribution >= 4 is 6.03 Å². The van der Waals surface area contributed by atoms with E-state index in [4.69, 9.17) is 0 Å². The minimum atomic E-state index is 0.120. The largest absolute Gasteiger partial charge is 0.347 e. The molecule has 2 aliphatic rings. The summed E-state index contributed by atoms with van der Waals surface area (Å²) in [6.45, 7) is 0.848. The van der Waals surface area contributed by atoms with Crippen molar-refractivity contribution in [2.45, 2.75) is 57.0 Å². The maximum Gasteiger partial charge on any atom is 0.320 e. The molecule has 0 radical (unpaired) electrons. The van der Waals surface area contributed by atoms with Crippen LogP contribution in [0.4, 0.5) is 4.79 Å². The minimum Gasteiger partial charge on any atom is -0.347 e. The molecule has 1 aromatic heterocycles. The third-order valence-corrected chi connectivity index (χ3v) is 4.76. The van der Waals surface area contributed by atoms with Gasteiger partial charge >= 0.3 is 6.03 Å². The number of piperidine rings is 1. The molecule has 0 bridgehead atoms. The highest BCUT2D eigenvalue weighted by Gasteiger charge is 2.34. The zero-order valence-electron chi connectivity index (χ0n) is 12.2. The Kier molecular flexibility index (Phi) is 3.94. The van der Waals surface area contributed by atoms with Gasteiger partial charge < -0.3 is 14.8 Å². The number of aromatic nitrogens is 2. The highest BCUT2D eigenvalue weighted by Crippen LogP contribution is 2.31. The fraction of sp³-hybridized carbons (Fsp3) is 0.733. The zero-order valence-corrected chi connectivity index (χ0v) is 12.2. The van der Waals surface area contributed by atoms with E-state index in [0.717, 1.165) is 38.1 Å². The Bertz CT molecular complexity index is 439. The van der Waals surface area contributed by atoms with Crippen molar-refractivity contribution in [3.63, 3.8) is 0 Å². The highest BCUT2D eigenvalue weighted by molar-refractivity contribution is 5.75. The van der Waals surface area contributed by atoms with E-state index in [-0.39, 0.29) is 12.1 Å². The Hall–Kier alpha value is -1.52. The summed E-state index contributed by atoms with van der Waals surface area (Å²) in [5, 5.41) is 0. The van der Waals surface area contributed by atoms with E-state index in [2.05, 4.69) is 9.97 Å². The molecule has 2 fully saturated rings. The van der Waals surface area contributed by atoms with Crippen molar-refractivity contribution in [2.75, 3.05) is 13.6 Å². The van der Waals surface area contributed by atoms with Crippen molar-refractivity contribution in [3.8, 4) is 0 Å². The molecule has 0 aromatic carbocycles. The van der Waals surface area contributed by atoms with Gasteiger partial charge in [-0.3, -0.25) is 0 Å². The van der Waals surface area contributed by atoms with Gasteiger partial charge in [0.15, 0.2) is 0 Å². The van der Waals surface area contributed by atoms with Gasteiger partial charge in [0, 0.05) is 32.0 Å². The summed E-state index contributed by atoms with van der Waals surface area (Å²) in [6, 6.07) is 0.731. The molecule has 1 aliphatic heterocycles. The number of nitrogens with one attached hydrogen (secondary N) is 1. The molecule has 20 heavy (non-hydrogen) atoms. The Balaban J connectivity index is 1.73. The lowest BCUT2D eigenvalue weighted by atomic mass is 10.0. The predicted octanol–water partition coefficient (Wildman–Crippen LogP) is 2.93. The van der Waals surface area contributed by atoms with Gasteiger partial charge in [-0.05, 0) is 32.1 Å². The summed E-state index contributed by atoms with van der Waals surface area (Å²) in [5.41, 5.74) is 0. The van der Waals surface area contributed by atoms with E-state index >= 15 is 0 Å². The molecule has 1 saturated carbocycles. The molecular formula is C15H24N4O. The van der Waals surface area contributed by atoms with Gasteiger partial charge in [-0.15, -0.1) is 0 Å². The van der Waals surface area contributed by atoms with Crippen LogP contribution in [0.2, 0.25) is 0 Å². The molecule has 1 aliphatic carbocycles. The SMILES string of the molecule is CN(C(=O)N1CCCCC1c1ncc[nH]1)C1CCCC1. The lowest BCUT2D eigenvalue weighted by molar-refractivity contribution is 0.108. The topological polar surface area (TPSA) is 52.2 Å². The Labute approximate surface area is 120 Å². The standard InChI is InChI=1S/C15H24N4O/c1-18(12-6-2-3-7-12)15(20)19-11-5-4-8-13(19)14-16-9-10-17-14/h9-10,12-13H,2-8,11H2,1H3,(H,16,17). The van der Waals surface area contributed by atoms with Crippen molar-refractivity contribution in [2.24, 2.45) is 0 Å². The third-order valence-electron chi connectivity index (χ3n) is 4.76. The molecule has 1 unspecified atom stereocenters. The molecule has 5 nitrogen and oxygen atoms in total. The smallest absolute Gasteiger partial charge is 0.320 e. The molecule has 3 rings (SSSR count). The number of carbonyl (C=O) groups is 1. The number of hydrogen-bond acceptors (Lipinski definition) is 2. The number of likely N-dealkylation sites (tertiary alicyclic amines) is 1. The molecule has 1 N–H and O–H groups in total. The minimum absolute atomic E-state index is 0.120. The molecule has 5 heteroatoms. The van der Waals surface area contributed by atoms with Gasteiger partial charge in [-0.25, -0.2) is 9.78 Å². The molecule has 110 valence electrons. The number of aromatic amines is 1. The molecular weight excluding hydrogens is 252 g/mol. The monoisotopic (exact) mass is 276 g/mol. The van der Waals surface area contributed by atoms with Gasteiger partial charge in [0.05, 0.1) is 6.04 Å². The first-order valence-corrected chi connectivity index (χ1v) is 7.80. The summed E-state index contributed by atoms with van der Waals surface area (Å²) in [4.78, 5) is 24.3. The first kappa shape index (κ1) is 13.5. The number of urea groups is 1. The number of nitrogens with zero attached hydrogens (tertiary/aromatic N) is 3. The number of imidazole rings is 1. The molecule has 1 atom stereocenters. The van der Waals surface area contributed by atoms with E-state index < -0.39 is 0 Å². The van der Waals surface area contributed by atoms with Crippen LogP contribution in [0.15, 0.2) is 12.4 Å². The van der Waals surface area contributed by atoms with Gasteiger partial charge in [0.1, 0.15) is 5.82 Å². The normalized spacial score (nSPS) is 24.1. The summed E-state index contributed by atoms with van der Waals surface area (Å²) in [5.74, 6) is 0.929. The van der Waals surface area contributed by atoms with Crippen LogP contribution in [0.1, 0.15) is 56.8 Å². The van der Waals surface area contributed by atoms with Crippen LogP contribution in [-0.2, 0) is 0 Å². The van der Waals surface area contributed by atoms with Crippen LogP contribution in [0.5, 0.6) is 0 Å². The second-order valence-corrected chi connectivity index (χ2v) is 6.01. The van der Waals surface area contributed by atoms with Crippen molar-refractivity contribution < 1.29 is 4.79 Å².